The van der Waals surface area contributed by atoms with Crippen molar-refractivity contribution in [2.24, 2.45) is 0 Å². The average Bonchev–Trinajstić information content (AvgIpc) is 2.55. The number of carbonyl (C=O) groups excluding carboxylic acids is 1. The number of alkyl halides is 2. The van der Waals surface area contributed by atoms with Crippen LogP contribution in [0.4, 0.5) is 14.5 Å². The number of halogens is 2. The Bertz CT molecular complexity index is 779. The monoisotopic (exact) mass is 350 g/mol. The average molecular weight is 350 g/mol. The zero-order valence-electron chi connectivity index (χ0n) is 13.6. The van der Waals surface area contributed by atoms with E-state index in [9.17, 15) is 23.7 Å². The van der Waals surface area contributed by atoms with Crippen molar-refractivity contribution >= 4 is 11.6 Å². The van der Waals surface area contributed by atoms with Gasteiger partial charge in [0.25, 0.3) is 11.6 Å². The zero-order chi connectivity index (χ0) is 18.6. The number of amides is 1. The van der Waals surface area contributed by atoms with Crippen LogP contribution in [-0.4, -0.2) is 29.4 Å². The molecule has 0 aliphatic heterocycles. The molecule has 0 atom stereocenters. The lowest BCUT2D eigenvalue weighted by Crippen LogP contribution is -2.26. The summed E-state index contributed by atoms with van der Waals surface area (Å²) in [4.78, 5) is 24.2. The molecule has 6 nitrogen and oxygen atoms in total. The van der Waals surface area contributed by atoms with Crippen molar-refractivity contribution in [2.75, 3.05) is 7.05 Å². The first-order valence-corrected chi connectivity index (χ1v) is 7.32. The Hall–Kier alpha value is -3.03. The van der Waals surface area contributed by atoms with Crippen molar-refractivity contribution in [1.82, 2.24) is 4.90 Å². The maximum Gasteiger partial charge on any atom is 0.387 e. The summed E-state index contributed by atoms with van der Waals surface area (Å²) in [6.07, 6.45) is 0. The van der Waals surface area contributed by atoms with Crippen LogP contribution >= 0.6 is 0 Å². The van der Waals surface area contributed by atoms with E-state index >= 15 is 0 Å². The molecule has 25 heavy (non-hydrogen) atoms. The van der Waals surface area contributed by atoms with Gasteiger partial charge in [-0.05, 0) is 36.8 Å². The van der Waals surface area contributed by atoms with E-state index in [1.807, 2.05) is 0 Å². The summed E-state index contributed by atoms with van der Waals surface area (Å²) in [5, 5.41) is 10.8. The Balaban J connectivity index is 2.07. The Morgan fingerprint density at radius 1 is 1.24 bits per heavy atom. The molecule has 2 rings (SSSR count). The first-order valence-electron chi connectivity index (χ1n) is 7.32. The smallest absolute Gasteiger partial charge is 0.387 e. The zero-order valence-corrected chi connectivity index (χ0v) is 13.6. The van der Waals surface area contributed by atoms with E-state index < -0.39 is 11.5 Å². The van der Waals surface area contributed by atoms with E-state index in [2.05, 4.69) is 4.74 Å². The highest BCUT2D eigenvalue weighted by atomic mass is 19.3. The Labute approximate surface area is 142 Å². The number of ether oxygens (including phenoxy) is 1. The van der Waals surface area contributed by atoms with Crippen molar-refractivity contribution in [2.45, 2.75) is 20.1 Å². The standard InChI is InChI=1S/C17H16F2N2O4/c1-11-9-13(5-8-15(11)21(23)24)16(22)20(2)10-12-3-6-14(7-4-12)25-17(18)19/h3-9,17H,10H2,1-2H3. The predicted molar refractivity (Wildman–Crippen MR) is 86.7 cm³/mol. The number of hydrogen-bond donors (Lipinski definition) is 0. The molecular formula is C17H16F2N2O4. The number of aryl methyl sites for hydroxylation is 1. The third kappa shape index (κ3) is 4.72. The van der Waals surface area contributed by atoms with Crippen molar-refractivity contribution in [3.63, 3.8) is 0 Å². The summed E-state index contributed by atoms with van der Waals surface area (Å²) in [7, 11) is 1.59. The highest BCUT2D eigenvalue weighted by molar-refractivity contribution is 5.94. The van der Waals surface area contributed by atoms with Gasteiger partial charge in [0, 0.05) is 30.8 Å². The van der Waals surface area contributed by atoms with Crippen LogP contribution in [0.15, 0.2) is 42.5 Å². The van der Waals surface area contributed by atoms with Crippen LogP contribution in [0.25, 0.3) is 0 Å². The number of rotatable bonds is 6. The van der Waals surface area contributed by atoms with Crippen LogP contribution in [0, 0.1) is 17.0 Å². The van der Waals surface area contributed by atoms with Crippen LogP contribution in [0.3, 0.4) is 0 Å². The van der Waals surface area contributed by atoms with Gasteiger partial charge in [-0.1, -0.05) is 12.1 Å². The second-order valence-electron chi connectivity index (χ2n) is 5.44. The van der Waals surface area contributed by atoms with Crippen LogP contribution in [0.5, 0.6) is 5.75 Å². The first kappa shape index (κ1) is 18.3. The summed E-state index contributed by atoms with van der Waals surface area (Å²) in [5.74, 6) is -0.260. The molecule has 2 aromatic rings. The van der Waals surface area contributed by atoms with Gasteiger partial charge in [0.2, 0.25) is 0 Å². The molecule has 0 bridgehead atoms. The molecule has 0 saturated heterocycles. The maximum absolute atomic E-state index is 12.4. The second-order valence-corrected chi connectivity index (χ2v) is 5.44. The highest BCUT2D eigenvalue weighted by Gasteiger charge is 2.17. The van der Waals surface area contributed by atoms with Crippen molar-refractivity contribution < 1.29 is 23.2 Å². The Kier molecular flexibility index (Phi) is 5.63. The lowest BCUT2D eigenvalue weighted by atomic mass is 10.1. The van der Waals surface area contributed by atoms with E-state index in [-0.39, 0.29) is 23.9 Å². The normalized spacial score (nSPS) is 10.6. The molecule has 0 aromatic heterocycles. The van der Waals surface area contributed by atoms with Crippen LogP contribution in [0.1, 0.15) is 21.5 Å². The van der Waals surface area contributed by atoms with E-state index in [1.54, 1.807) is 26.1 Å². The van der Waals surface area contributed by atoms with Crippen LogP contribution < -0.4 is 4.74 Å². The van der Waals surface area contributed by atoms with Crippen LogP contribution in [-0.2, 0) is 6.54 Å². The fraction of sp³-hybridized carbons (Fsp3) is 0.235. The lowest BCUT2D eigenvalue weighted by molar-refractivity contribution is -0.385. The van der Waals surface area contributed by atoms with Gasteiger partial charge in [-0.3, -0.25) is 14.9 Å². The number of nitro groups is 1. The molecule has 2 aromatic carbocycles. The summed E-state index contributed by atoms with van der Waals surface area (Å²) in [6.45, 7) is -1.07. The third-order valence-electron chi connectivity index (χ3n) is 3.56. The SMILES string of the molecule is Cc1cc(C(=O)N(C)Cc2ccc(OC(F)F)cc2)ccc1[N+](=O)[O-]. The number of nitro benzene ring substituents is 1. The molecule has 0 saturated carbocycles. The summed E-state index contributed by atoms with van der Waals surface area (Å²) in [6, 6.07) is 10.1. The molecule has 132 valence electrons. The molecule has 1 amide bonds. The lowest BCUT2D eigenvalue weighted by Gasteiger charge is -2.18. The van der Waals surface area contributed by atoms with Crippen molar-refractivity contribution in [1.29, 1.82) is 0 Å². The fourth-order valence-electron chi connectivity index (χ4n) is 2.34. The minimum Gasteiger partial charge on any atom is -0.435 e. The number of carbonyl (C=O) groups is 1. The number of nitrogens with zero attached hydrogens (tertiary/aromatic N) is 2. The van der Waals surface area contributed by atoms with E-state index in [4.69, 9.17) is 0 Å². The fourth-order valence-corrected chi connectivity index (χ4v) is 2.34. The predicted octanol–water partition coefficient (Wildman–Crippen LogP) is 3.78. The first-order chi connectivity index (χ1) is 11.8. The molecule has 0 unspecified atom stereocenters. The highest BCUT2D eigenvalue weighted by Crippen LogP contribution is 2.20. The largest absolute Gasteiger partial charge is 0.435 e. The Morgan fingerprint density at radius 3 is 2.40 bits per heavy atom. The van der Waals surface area contributed by atoms with Gasteiger partial charge in [0.05, 0.1) is 4.92 Å². The maximum atomic E-state index is 12.4. The molecule has 0 heterocycles. The molecule has 0 radical (unpaired) electrons. The molecule has 0 aliphatic carbocycles. The topological polar surface area (TPSA) is 72.7 Å². The summed E-state index contributed by atoms with van der Waals surface area (Å²) in [5.41, 5.74) is 1.42. The molecule has 0 spiro atoms. The van der Waals surface area contributed by atoms with E-state index in [0.29, 0.717) is 11.1 Å². The van der Waals surface area contributed by atoms with Gasteiger partial charge >= 0.3 is 6.61 Å². The number of hydrogen-bond acceptors (Lipinski definition) is 4. The molecule has 0 fully saturated rings. The van der Waals surface area contributed by atoms with Crippen molar-refractivity contribution in [3.05, 3.63) is 69.3 Å². The van der Waals surface area contributed by atoms with Gasteiger partial charge in [-0.15, -0.1) is 0 Å². The third-order valence-corrected chi connectivity index (χ3v) is 3.56. The quantitative estimate of drug-likeness (QED) is 0.587. The number of benzene rings is 2. The van der Waals surface area contributed by atoms with Gasteiger partial charge in [-0.2, -0.15) is 8.78 Å². The molecule has 8 heteroatoms. The van der Waals surface area contributed by atoms with E-state index in [1.165, 1.54) is 35.2 Å². The van der Waals surface area contributed by atoms with Gasteiger partial charge in [-0.25, -0.2) is 0 Å². The van der Waals surface area contributed by atoms with Crippen molar-refractivity contribution in [3.8, 4) is 5.75 Å². The van der Waals surface area contributed by atoms with Gasteiger partial charge in [0.1, 0.15) is 5.75 Å². The van der Waals surface area contributed by atoms with Crippen LogP contribution in [0.2, 0.25) is 0 Å². The molecular weight excluding hydrogens is 334 g/mol. The molecule has 0 aliphatic rings. The van der Waals surface area contributed by atoms with E-state index in [0.717, 1.165) is 5.56 Å². The minimum atomic E-state index is -2.89. The molecule has 0 N–H and O–H groups in total. The summed E-state index contributed by atoms with van der Waals surface area (Å²) >= 11 is 0. The summed E-state index contributed by atoms with van der Waals surface area (Å²) < 4.78 is 28.5. The minimum absolute atomic E-state index is 0.0405. The Morgan fingerprint density at radius 2 is 1.88 bits per heavy atom. The second kappa shape index (κ2) is 7.69. The van der Waals surface area contributed by atoms with Gasteiger partial charge in [0.15, 0.2) is 0 Å². The van der Waals surface area contributed by atoms with Gasteiger partial charge < -0.3 is 9.64 Å².